The molecule has 4 rings (SSSR count). The maximum Gasteiger partial charge on any atom is 0.162 e. The monoisotopic (exact) mass is 348 g/mol. The SMILES string of the molecule is COc1ccc(-c2nc3ccccc3[nH]2)cc1OCc1ccc(F)cc1. The molecule has 0 aliphatic rings. The molecule has 0 unspecified atom stereocenters. The number of ether oxygens (including phenoxy) is 2. The number of halogens is 1. The van der Waals surface area contributed by atoms with Gasteiger partial charge in [-0.15, -0.1) is 0 Å². The van der Waals surface area contributed by atoms with Crippen molar-refractivity contribution < 1.29 is 13.9 Å². The molecule has 0 atom stereocenters. The number of rotatable bonds is 5. The Balaban J connectivity index is 1.63. The quantitative estimate of drug-likeness (QED) is 0.555. The van der Waals surface area contributed by atoms with E-state index in [1.807, 2.05) is 42.5 Å². The Labute approximate surface area is 150 Å². The molecule has 0 spiro atoms. The second-order valence-electron chi connectivity index (χ2n) is 5.88. The molecule has 0 radical (unpaired) electrons. The number of aromatic amines is 1. The molecule has 26 heavy (non-hydrogen) atoms. The van der Waals surface area contributed by atoms with Crippen molar-refractivity contribution in [3.8, 4) is 22.9 Å². The Bertz CT molecular complexity index is 1010. The number of methoxy groups -OCH3 is 1. The van der Waals surface area contributed by atoms with Crippen LogP contribution in [0.1, 0.15) is 5.56 Å². The molecule has 0 amide bonds. The minimum atomic E-state index is -0.266. The molecular formula is C21H17FN2O2. The van der Waals surface area contributed by atoms with Crippen molar-refractivity contribution in [2.45, 2.75) is 6.61 Å². The van der Waals surface area contributed by atoms with E-state index in [2.05, 4.69) is 9.97 Å². The van der Waals surface area contributed by atoms with Crippen LogP contribution in [0.5, 0.6) is 11.5 Å². The summed E-state index contributed by atoms with van der Waals surface area (Å²) in [6.07, 6.45) is 0. The molecule has 4 nitrogen and oxygen atoms in total. The largest absolute Gasteiger partial charge is 0.493 e. The van der Waals surface area contributed by atoms with E-state index in [9.17, 15) is 4.39 Å². The van der Waals surface area contributed by atoms with Gasteiger partial charge in [0.05, 0.1) is 18.1 Å². The summed E-state index contributed by atoms with van der Waals surface area (Å²) in [7, 11) is 1.60. The minimum absolute atomic E-state index is 0.266. The number of aromatic nitrogens is 2. The third-order valence-corrected chi connectivity index (χ3v) is 4.13. The lowest BCUT2D eigenvalue weighted by Gasteiger charge is -2.12. The summed E-state index contributed by atoms with van der Waals surface area (Å²) in [5, 5.41) is 0. The van der Waals surface area contributed by atoms with Gasteiger partial charge in [0.2, 0.25) is 0 Å². The van der Waals surface area contributed by atoms with Crippen LogP contribution >= 0.6 is 0 Å². The summed E-state index contributed by atoms with van der Waals surface area (Å²) in [6, 6.07) is 19.8. The first-order valence-electron chi connectivity index (χ1n) is 8.23. The number of para-hydroxylation sites is 2. The van der Waals surface area contributed by atoms with Gasteiger partial charge in [-0.25, -0.2) is 9.37 Å². The van der Waals surface area contributed by atoms with Gasteiger partial charge in [-0.3, -0.25) is 0 Å². The Morgan fingerprint density at radius 3 is 2.54 bits per heavy atom. The van der Waals surface area contributed by atoms with Crippen LogP contribution in [0.4, 0.5) is 4.39 Å². The van der Waals surface area contributed by atoms with Gasteiger partial charge in [-0.2, -0.15) is 0 Å². The van der Waals surface area contributed by atoms with Crippen molar-refractivity contribution in [3.05, 3.63) is 78.1 Å². The van der Waals surface area contributed by atoms with Crippen molar-refractivity contribution in [1.82, 2.24) is 9.97 Å². The molecule has 1 heterocycles. The lowest BCUT2D eigenvalue weighted by molar-refractivity contribution is 0.284. The number of nitrogens with zero attached hydrogens (tertiary/aromatic N) is 1. The van der Waals surface area contributed by atoms with E-state index in [4.69, 9.17) is 9.47 Å². The second kappa shape index (κ2) is 6.88. The van der Waals surface area contributed by atoms with E-state index in [1.54, 1.807) is 19.2 Å². The first-order valence-corrected chi connectivity index (χ1v) is 8.23. The normalized spacial score (nSPS) is 10.8. The number of hydrogen-bond acceptors (Lipinski definition) is 3. The molecule has 4 aromatic rings. The van der Waals surface area contributed by atoms with Crippen LogP contribution in [0.25, 0.3) is 22.4 Å². The fraction of sp³-hybridized carbons (Fsp3) is 0.0952. The van der Waals surface area contributed by atoms with Crippen molar-refractivity contribution in [2.24, 2.45) is 0 Å². The summed E-state index contributed by atoms with van der Waals surface area (Å²) < 4.78 is 24.3. The maximum atomic E-state index is 13.0. The maximum absolute atomic E-state index is 13.0. The predicted octanol–water partition coefficient (Wildman–Crippen LogP) is 4.96. The number of benzene rings is 3. The first kappa shape index (κ1) is 16.1. The standard InChI is InChI=1S/C21H17FN2O2/c1-25-19-11-8-15(21-23-17-4-2-3-5-18(17)24-21)12-20(19)26-13-14-6-9-16(22)10-7-14/h2-12H,13H2,1H3,(H,23,24). The Kier molecular flexibility index (Phi) is 4.27. The van der Waals surface area contributed by atoms with Crippen LogP contribution in [0.15, 0.2) is 66.7 Å². The number of nitrogens with one attached hydrogen (secondary N) is 1. The van der Waals surface area contributed by atoms with Gasteiger partial charge in [0.1, 0.15) is 18.2 Å². The van der Waals surface area contributed by atoms with Crippen LogP contribution in [-0.4, -0.2) is 17.1 Å². The number of H-pyrrole nitrogens is 1. The topological polar surface area (TPSA) is 47.1 Å². The highest BCUT2D eigenvalue weighted by atomic mass is 19.1. The highest BCUT2D eigenvalue weighted by Gasteiger charge is 2.11. The molecule has 0 aliphatic heterocycles. The molecule has 0 saturated carbocycles. The van der Waals surface area contributed by atoms with Gasteiger partial charge < -0.3 is 14.5 Å². The zero-order chi connectivity index (χ0) is 17.9. The summed E-state index contributed by atoms with van der Waals surface area (Å²) in [6.45, 7) is 0.320. The lowest BCUT2D eigenvalue weighted by atomic mass is 10.2. The van der Waals surface area contributed by atoms with Crippen LogP contribution in [0, 0.1) is 5.82 Å². The highest BCUT2D eigenvalue weighted by Crippen LogP contribution is 2.32. The van der Waals surface area contributed by atoms with Crippen LogP contribution in [-0.2, 0) is 6.61 Å². The highest BCUT2D eigenvalue weighted by molar-refractivity contribution is 5.79. The molecular weight excluding hydrogens is 331 g/mol. The van der Waals surface area contributed by atoms with Gasteiger partial charge in [-0.05, 0) is 48.0 Å². The average molecular weight is 348 g/mol. The van der Waals surface area contributed by atoms with Gasteiger partial charge in [-0.1, -0.05) is 24.3 Å². The summed E-state index contributed by atoms with van der Waals surface area (Å²) in [5.74, 6) is 1.74. The molecule has 1 aromatic heterocycles. The third kappa shape index (κ3) is 3.24. The van der Waals surface area contributed by atoms with E-state index >= 15 is 0 Å². The van der Waals surface area contributed by atoms with E-state index in [0.29, 0.717) is 18.1 Å². The zero-order valence-electron chi connectivity index (χ0n) is 14.2. The minimum Gasteiger partial charge on any atom is -0.493 e. The third-order valence-electron chi connectivity index (χ3n) is 4.13. The lowest BCUT2D eigenvalue weighted by Crippen LogP contribution is -1.98. The molecule has 0 bridgehead atoms. The predicted molar refractivity (Wildman–Crippen MR) is 98.8 cm³/mol. The molecule has 0 aliphatic carbocycles. The van der Waals surface area contributed by atoms with E-state index in [-0.39, 0.29) is 5.82 Å². The van der Waals surface area contributed by atoms with Crippen molar-refractivity contribution >= 4 is 11.0 Å². The van der Waals surface area contributed by atoms with Gasteiger partial charge in [0, 0.05) is 5.56 Å². The number of hydrogen-bond donors (Lipinski definition) is 1. The summed E-state index contributed by atoms with van der Waals surface area (Å²) in [4.78, 5) is 7.92. The van der Waals surface area contributed by atoms with E-state index in [0.717, 1.165) is 28.0 Å². The summed E-state index contributed by atoms with van der Waals surface area (Å²) in [5.41, 5.74) is 3.66. The second-order valence-corrected chi connectivity index (χ2v) is 5.88. The van der Waals surface area contributed by atoms with Crippen molar-refractivity contribution in [2.75, 3.05) is 7.11 Å². The van der Waals surface area contributed by atoms with Crippen LogP contribution in [0.3, 0.4) is 0 Å². The molecule has 0 fully saturated rings. The molecule has 3 aromatic carbocycles. The molecule has 1 N–H and O–H groups in total. The Morgan fingerprint density at radius 2 is 1.77 bits per heavy atom. The summed E-state index contributed by atoms with van der Waals surface area (Å²) >= 11 is 0. The smallest absolute Gasteiger partial charge is 0.162 e. The Morgan fingerprint density at radius 1 is 0.962 bits per heavy atom. The van der Waals surface area contributed by atoms with Gasteiger partial charge in [0.25, 0.3) is 0 Å². The fourth-order valence-corrected chi connectivity index (χ4v) is 2.77. The van der Waals surface area contributed by atoms with Gasteiger partial charge >= 0.3 is 0 Å². The van der Waals surface area contributed by atoms with Crippen molar-refractivity contribution in [1.29, 1.82) is 0 Å². The van der Waals surface area contributed by atoms with Crippen LogP contribution < -0.4 is 9.47 Å². The number of imidazole rings is 1. The fourth-order valence-electron chi connectivity index (χ4n) is 2.77. The zero-order valence-corrected chi connectivity index (χ0v) is 14.2. The van der Waals surface area contributed by atoms with Crippen molar-refractivity contribution in [3.63, 3.8) is 0 Å². The average Bonchev–Trinajstić information content (AvgIpc) is 3.11. The first-order chi connectivity index (χ1) is 12.7. The van der Waals surface area contributed by atoms with E-state index < -0.39 is 0 Å². The van der Waals surface area contributed by atoms with E-state index in [1.165, 1.54) is 12.1 Å². The van der Waals surface area contributed by atoms with Gasteiger partial charge in [0.15, 0.2) is 11.5 Å². The molecule has 0 saturated heterocycles. The Hall–Kier alpha value is -3.34. The number of fused-ring (bicyclic) bond motifs is 1. The van der Waals surface area contributed by atoms with Crippen LogP contribution in [0.2, 0.25) is 0 Å². The molecule has 130 valence electrons. The molecule has 5 heteroatoms.